The molecule has 3 aromatic heterocycles. The van der Waals surface area contributed by atoms with Crippen molar-refractivity contribution in [1.82, 2.24) is 19.9 Å². The van der Waals surface area contributed by atoms with Crippen LogP contribution in [-0.2, 0) is 0 Å². The molecule has 11 heteroatoms. The number of hydrogen-bond donors (Lipinski definition) is 3. The molecule has 1 aliphatic rings. The minimum atomic E-state index is -0.313. The first kappa shape index (κ1) is 20.8. The second-order valence-corrected chi connectivity index (χ2v) is 6.88. The lowest BCUT2D eigenvalue weighted by atomic mass is 10.2. The number of carbonyl (C=O) groups excluding carboxylic acids is 1. The molecule has 1 saturated heterocycles. The molecule has 4 rings (SSSR count). The lowest BCUT2D eigenvalue weighted by Crippen LogP contribution is -2.47. The third kappa shape index (κ3) is 5.19. The highest BCUT2D eigenvalue weighted by Crippen LogP contribution is 2.17. The summed E-state index contributed by atoms with van der Waals surface area (Å²) in [4.78, 5) is 34.1. The summed E-state index contributed by atoms with van der Waals surface area (Å²) in [7, 11) is 0. The van der Waals surface area contributed by atoms with Crippen molar-refractivity contribution in [2.24, 2.45) is 5.10 Å². The topological polar surface area (TPSA) is 135 Å². The van der Waals surface area contributed by atoms with E-state index in [4.69, 9.17) is 5.41 Å². The summed E-state index contributed by atoms with van der Waals surface area (Å²) in [6, 6.07) is 9.16. The second-order valence-electron chi connectivity index (χ2n) is 6.88. The number of pyridine rings is 2. The lowest BCUT2D eigenvalue weighted by Gasteiger charge is -2.35. The molecule has 1 fully saturated rings. The average Bonchev–Trinajstić information content (AvgIpc) is 2.86. The molecule has 0 bridgehead atoms. The van der Waals surface area contributed by atoms with Gasteiger partial charge in [-0.25, -0.2) is 19.9 Å². The van der Waals surface area contributed by atoms with Crippen molar-refractivity contribution in [3.63, 3.8) is 0 Å². The number of amides is 1. The van der Waals surface area contributed by atoms with Gasteiger partial charge in [-0.15, -0.1) is 0 Å². The molecular formula is C21H22N10O. The van der Waals surface area contributed by atoms with Gasteiger partial charge in [0.05, 0.1) is 29.9 Å². The van der Waals surface area contributed by atoms with Crippen LogP contribution in [0.3, 0.4) is 0 Å². The van der Waals surface area contributed by atoms with Gasteiger partial charge in [0.15, 0.2) is 0 Å². The molecule has 162 valence electrons. The molecule has 4 heterocycles. The van der Waals surface area contributed by atoms with Crippen LogP contribution >= 0.6 is 0 Å². The van der Waals surface area contributed by atoms with E-state index in [2.05, 4.69) is 45.6 Å². The number of nitrogens with one attached hydrogen (secondary N) is 3. The first-order valence-corrected chi connectivity index (χ1v) is 10.0. The van der Waals surface area contributed by atoms with Crippen LogP contribution in [0.5, 0.6) is 0 Å². The van der Waals surface area contributed by atoms with Gasteiger partial charge in [-0.1, -0.05) is 6.07 Å². The molecule has 1 aliphatic heterocycles. The number of hydrazone groups is 1. The molecule has 0 atom stereocenters. The largest absolute Gasteiger partial charge is 0.353 e. The zero-order valence-electron chi connectivity index (χ0n) is 17.2. The number of piperazine rings is 1. The van der Waals surface area contributed by atoms with Gasteiger partial charge in [-0.2, -0.15) is 5.10 Å². The smallest absolute Gasteiger partial charge is 0.257 e. The molecular weight excluding hydrogens is 408 g/mol. The second kappa shape index (κ2) is 10.1. The fraction of sp³-hybridized carbons (Fsp3) is 0.190. The number of aromatic nitrogens is 4. The molecule has 1 amide bonds. The number of hydrogen-bond acceptors (Lipinski definition) is 10. The monoisotopic (exact) mass is 430 g/mol. The van der Waals surface area contributed by atoms with Gasteiger partial charge < -0.3 is 20.5 Å². The Morgan fingerprint density at radius 2 is 1.75 bits per heavy atom. The van der Waals surface area contributed by atoms with Crippen molar-refractivity contribution in [1.29, 1.82) is 5.41 Å². The van der Waals surface area contributed by atoms with Crippen molar-refractivity contribution in [2.75, 3.05) is 46.7 Å². The van der Waals surface area contributed by atoms with Gasteiger partial charge in [0, 0.05) is 44.8 Å². The van der Waals surface area contributed by atoms with Crippen LogP contribution in [0.2, 0.25) is 0 Å². The predicted molar refractivity (Wildman–Crippen MR) is 124 cm³/mol. The summed E-state index contributed by atoms with van der Waals surface area (Å²) >= 11 is 0. The van der Waals surface area contributed by atoms with E-state index in [1.165, 1.54) is 12.4 Å². The van der Waals surface area contributed by atoms with Crippen LogP contribution in [0, 0.1) is 5.41 Å². The Bertz CT molecular complexity index is 1060. The Hall–Kier alpha value is -4.41. The summed E-state index contributed by atoms with van der Waals surface area (Å²) in [6.45, 7) is 3.25. The zero-order chi connectivity index (χ0) is 22.2. The van der Waals surface area contributed by atoms with Crippen molar-refractivity contribution in [2.45, 2.75) is 0 Å². The number of anilines is 4. The highest BCUT2D eigenvalue weighted by atomic mass is 16.1. The van der Waals surface area contributed by atoms with Crippen LogP contribution < -0.4 is 20.5 Å². The van der Waals surface area contributed by atoms with Crippen LogP contribution in [0.15, 0.2) is 60.2 Å². The Labute approximate surface area is 184 Å². The maximum atomic E-state index is 12.4. The average molecular weight is 430 g/mol. The molecule has 3 N–H and O–H groups in total. The molecule has 0 aromatic carbocycles. The third-order valence-electron chi connectivity index (χ3n) is 4.79. The first-order valence-electron chi connectivity index (χ1n) is 10.0. The van der Waals surface area contributed by atoms with Crippen LogP contribution in [0.4, 0.5) is 23.3 Å². The first-order chi connectivity index (χ1) is 15.7. The van der Waals surface area contributed by atoms with E-state index in [1.54, 1.807) is 30.7 Å². The standard InChI is InChI=1S/C21H22N10O/c22-6-8-27-29-18-5-4-16(13-24-18)20(32)28-17-14-25-21(26-15-17)31-11-9-30(10-12-31)19-3-1-2-7-23-19/h1-8,13-15,22H,9-12H2,(H,24,29)(H,28,32)/b22-6?,27-8-. The summed E-state index contributed by atoms with van der Waals surface area (Å²) < 4.78 is 0. The van der Waals surface area contributed by atoms with Gasteiger partial charge in [0.25, 0.3) is 5.91 Å². The number of rotatable bonds is 7. The number of carbonyl (C=O) groups is 1. The van der Waals surface area contributed by atoms with Crippen LogP contribution in [0.1, 0.15) is 10.4 Å². The van der Waals surface area contributed by atoms with Gasteiger partial charge in [-0.05, 0) is 24.3 Å². The lowest BCUT2D eigenvalue weighted by molar-refractivity contribution is 0.102. The minimum absolute atomic E-state index is 0.313. The Morgan fingerprint density at radius 1 is 0.969 bits per heavy atom. The van der Waals surface area contributed by atoms with Gasteiger partial charge >= 0.3 is 0 Å². The summed E-state index contributed by atoms with van der Waals surface area (Å²) in [5, 5.41) is 13.4. The highest BCUT2D eigenvalue weighted by Gasteiger charge is 2.19. The Morgan fingerprint density at radius 3 is 2.41 bits per heavy atom. The Balaban J connectivity index is 1.30. The fourth-order valence-electron chi connectivity index (χ4n) is 3.16. The normalized spacial score (nSPS) is 13.8. The van der Waals surface area contributed by atoms with E-state index < -0.39 is 0 Å². The summed E-state index contributed by atoms with van der Waals surface area (Å²) in [6.07, 6.45) is 8.76. The van der Waals surface area contributed by atoms with E-state index in [0.29, 0.717) is 23.0 Å². The molecule has 0 radical (unpaired) electrons. The van der Waals surface area contributed by atoms with Gasteiger partial charge in [0.2, 0.25) is 5.95 Å². The van der Waals surface area contributed by atoms with Crippen molar-refractivity contribution >= 4 is 41.6 Å². The van der Waals surface area contributed by atoms with E-state index in [0.717, 1.165) is 38.2 Å². The van der Waals surface area contributed by atoms with Crippen molar-refractivity contribution in [3.8, 4) is 0 Å². The maximum absolute atomic E-state index is 12.4. The SMILES string of the molecule is N=C/C=N\Nc1ccc(C(=O)Nc2cnc(N3CCN(c4ccccn4)CC3)nc2)cn1. The third-order valence-corrected chi connectivity index (χ3v) is 4.79. The summed E-state index contributed by atoms with van der Waals surface area (Å²) in [5.41, 5.74) is 3.55. The minimum Gasteiger partial charge on any atom is -0.353 e. The fourth-order valence-corrected chi connectivity index (χ4v) is 3.16. The molecule has 0 spiro atoms. The van der Waals surface area contributed by atoms with E-state index in [1.807, 2.05) is 18.2 Å². The molecule has 11 nitrogen and oxygen atoms in total. The number of nitrogens with zero attached hydrogens (tertiary/aromatic N) is 7. The van der Waals surface area contributed by atoms with Gasteiger partial charge in [-0.3, -0.25) is 10.2 Å². The predicted octanol–water partition coefficient (Wildman–Crippen LogP) is 1.89. The molecule has 0 unspecified atom stereocenters. The summed E-state index contributed by atoms with van der Waals surface area (Å²) in [5.74, 6) is 1.76. The van der Waals surface area contributed by atoms with Crippen LogP contribution in [0.25, 0.3) is 0 Å². The molecule has 3 aromatic rings. The van der Waals surface area contributed by atoms with Crippen LogP contribution in [-0.4, -0.2) is 64.5 Å². The van der Waals surface area contributed by atoms with Crippen molar-refractivity contribution < 1.29 is 4.79 Å². The van der Waals surface area contributed by atoms with E-state index in [9.17, 15) is 4.79 Å². The molecule has 0 saturated carbocycles. The van der Waals surface area contributed by atoms with Gasteiger partial charge in [0.1, 0.15) is 11.6 Å². The van der Waals surface area contributed by atoms with E-state index in [-0.39, 0.29) is 5.91 Å². The Kier molecular flexibility index (Phi) is 6.56. The molecule has 0 aliphatic carbocycles. The molecule has 32 heavy (non-hydrogen) atoms. The van der Waals surface area contributed by atoms with Crippen molar-refractivity contribution in [3.05, 3.63) is 60.7 Å². The van der Waals surface area contributed by atoms with E-state index >= 15 is 0 Å². The zero-order valence-corrected chi connectivity index (χ0v) is 17.2. The maximum Gasteiger partial charge on any atom is 0.257 e. The quantitative estimate of drug-likeness (QED) is 0.382. The highest BCUT2D eigenvalue weighted by molar-refractivity contribution is 6.14.